The molecule has 2 N–H and O–H groups in total. The fourth-order valence-electron chi connectivity index (χ4n) is 1.22. The van der Waals surface area contributed by atoms with Crippen molar-refractivity contribution in [1.29, 1.82) is 0 Å². The number of hydrogen-bond acceptors (Lipinski definition) is 2. The first kappa shape index (κ1) is 11.2. The summed E-state index contributed by atoms with van der Waals surface area (Å²) in [6, 6.07) is 0. The van der Waals surface area contributed by atoms with E-state index in [1.165, 1.54) is 0 Å². The summed E-state index contributed by atoms with van der Waals surface area (Å²) in [5.41, 5.74) is 0. The Morgan fingerprint density at radius 2 is 2.36 bits per heavy atom. The standard InChI is InChI=1S/C11H19NO2/c1-9(13)5-3-2-4-8-12-11(14)10-6-7-10/h4,8-10,13H,2-3,5-7H2,1H3,(H,12,14). The van der Waals surface area contributed by atoms with Gasteiger partial charge in [0, 0.05) is 5.92 Å². The Morgan fingerprint density at radius 1 is 1.64 bits per heavy atom. The van der Waals surface area contributed by atoms with Crippen LogP contribution in [0.1, 0.15) is 39.0 Å². The summed E-state index contributed by atoms with van der Waals surface area (Å²) >= 11 is 0. The lowest BCUT2D eigenvalue weighted by Gasteiger charge is -2.00. The molecule has 0 heterocycles. The van der Waals surface area contributed by atoms with Crippen LogP contribution in [-0.2, 0) is 4.79 Å². The molecule has 0 radical (unpaired) electrons. The third kappa shape index (κ3) is 5.02. The Hall–Kier alpha value is -0.830. The van der Waals surface area contributed by atoms with Gasteiger partial charge in [0.1, 0.15) is 0 Å². The zero-order valence-electron chi connectivity index (χ0n) is 8.70. The van der Waals surface area contributed by atoms with Crippen molar-refractivity contribution in [2.24, 2.45) is 5.92 Å². The second kappa shape index (κ2) is 5.81. The lowest BCUT2D eigenvalue weighted by Crippen LogP contribution is -2.18. The first-order valence-electron chi connectivity index (χ1n) is 5.33. The minimum atomic E-state index is -0.218. The Kier molecular flexibility index (Phi) is 4.66. The SMILES string of the molecule is CC(O)CCCC=CNC(=O)C1CC1. The van der Waals surface area contributed by atoms with Gasteiger partial charge in [-0.1, -0.05) is 6.08 Å². The minimum Gasteiger partial charge on any atom is -0.393 e. The monoisotopic (exact) mass is 197 g/mol. The minimum absolute atomic E-state index is 0.150. The van der Waals surface area contributed by atoms with E-state index < -0.39 is 0 Å². The number of nitrogens with one attached hydrogen (secondary N) is 1. The van der Waals surface area contributed by atoms with Crippen molar-refractivity contribution in [3.63, 3.8) is 0 Å². The number of aliphatic hydroxyl groups excluding tert-OH is 1. The molecule has 0 spiro atoms. The van der Waals surface area contributed by atoms with E-state index in [-0.39, 0.29) is 17.9 Å². The molecule has 1 aliphatic rings. The predicted molar refractivity (Wildman–Crippen MR) is 55.5 cm³/mol. The number of amides is 1. The zero-order chi connectivity index (χ0) is 10.4. The summed E-state index contributed by atoms with van der Waals surface area (Å²) in [4.78, 5) is 11.1. The Bertz CT molecular complexity index is 207. The van der Waals surface area contributed by atoms with E-state index in [9.17, 15) is 4.79 Å². The van der Waals surface area contributed by atoms with Crippen molar-refractivity contribution < 1.29 is 9.90 Å². The van der Waals surface area contributed by atoms with Gasteiger partial charge in [-0.05, 0) is 45.2 Å². The molecule has 0 aromatic rings. The Morgan fingerprint density at radius 3 is 2.93 bits per heavy atom. The van der Waals surface area contributed by atoms with Crippen molar-refractivity contribution in [3.05, 3.63) is 12.3 Å². The first-order chi connectivity index (χ1) is 6.70. The number of aliphatic hydroxyl groups is 1. The highest BCUT2D eigenvalue weighted by molar-refractivity contribution is 5.81. The molecule has 80 valence electrons. The van der Waals surface area contributed by atoms with Crippen molar-refractivity contribution in [1.82, 2.24) is 5.32 Å². The van der Waals surface area contributed by atoms with Gasteiger partial charge in [-0.3, -0.25) is 4.79 Å². The van der Waals surface area contributed by atoms with Crippen LogP contribution in [0, 0.1) is 5.92 Å². The van der Waals surface area contributed by atoms with Gasteiger partial charge in [0.05, 0.1) is 6.10 Å². The molecule has 14 heavy (non-hydrogen) atoms. The maximum atomic E-state index is 11.1. The fraction of sp³-hybridized carbons (Fsp3) is 0.727. The lowest BCUT2D eigenvalue weighted by molar-refractivity contribution is -0.121. The van der Waals surface area contributed by atoms with Crippen LogP contribution in [0.25, 0.3) is 0 Å². The fourth-order valence-corrected chi connectivity index (χ4v) is 1.22. The quantitative estimate of drug-likeness (QED) is 0.635. The molecule has 0 aromatic carbocycles. The van der Waals surface area contributed by atoms with Crippen molar-refractivity contribution in [3.8, 4) is 0 Å². The van der Waals surface area contributed by atoms with E-state index >= 15 is 0 Å². The Balaban J connectivity index is 1.94. The highest BCUT2D eigenvalue weighted by Gasteiger charge is 2.28. The maximum Gasteiger partial charge on any atom is 0.227 e. The van der Waals surface area contributed by atoms with E-state index in [0.717, 1.165) is 32.1 Å². The van der Waals surface area contributed by atoms with E-state index in [2.05, 4.69) is 5.32 Å². The predicted octanol–water partition coefficient (Wildman–Crippen LogP) is 1.58. The molecule has 1 atom stereocenters. The highest BCUT2D eigenvalue weighted by Crippen LogP contribution is 2.28. The van der Waals surface area contributed by atoms with E-state index in [1.54, 1.807) is 13.1 Å². The molecule has 1 fully saturated rings. The van der Waals surface area contributed by atoms with Gasteiger partial charge in [0.25, 0.3) is 0 Å². The topological polar surface area (TPSA) is 49.3 Å². The van der Waals surface area contributed by atoms with Crippen LogP contribution in [0.2, 0.25) is 0 Å². The summed E-state index contributed by atoms with van der Waals surface area (Å²) in [5, 5.41) is 11.7. The molecule has 1 saturated carbocycles. The third-order valence-electron chi connectivity index (χ3n) is 2.28. The second-order valence-electron chi connectivity index (χ2n) is 3.97. The molecule has 0 aromatic heterocycles. The van der Waals surface area contributed by atoms with Crippen LogP contribution in [0.15, 0.2) is 12.3 Å². The summed E-state index contributed by atoms with van der Waals surface area (Å²) in [6.45, 7) is 1.79. The average molecular weight is 197 g/mol. The van der Waals surface area contributed by atoms with Gasteiger partial charge in [-0.2, -0.15) is 0 Å². The van der Waals surface area contributed by atoms with Crippen molar-refractivity contribution in [2.45, 2.75) is 45.1 Å². The van der Waals surface area contributed by atoms with Gasteiger partial charge in [0.15, 0.2) is 0 Å². The van der Waals surface area contributed by atoms with Crippen molar-refractivity contribution >= 4 is 5.91 Å². The molecular formula is C11H19NO2. The number of rotatable bonds is 6. The molecular weight excluding hydrogens is 178 g/mol. The number of unbranched alkanes of at least 4 members (excludes halogenated alkanes) is 1. The number of carbonyl (C=O) groups is 1. The number of carbonyl (C=O) groups excluding carboxylic acids is 1. The molecule has 0 saturated heterocycles. The van der Waals surface area contributed by atoms with Crippen LogP contribution in [0.4, 0.5) is 0 Å². The van der Waals surface area contributed by atoms with E-state index in [4.69, 9.17) is 5.11 Å². The van der Waals surface area contributed by atoms with Gasteiger partial charge in [-0.15, -0.1) is 0 Å². The molecule has 0 bridgehead atoms. The lowest BCUT2D eigenvalue weighted by atomic mass is 10.2. The molecule has 0 aliphatic heterocycles. The zero-order valence-corrected chi connectivity index (χ0v) is 8.70. The Labute approximate surface area is 85.2 Å². The maximum absolute atomic E-state index is 11.1. The molecule has 1 amide bonds. The molecule has 3 heteroatoms. The summed E-state index contributed by atoms with van der Waals surface area (Å²) in [5.74, 6) is 0.425. The van der Waals surface area contributed by atoms with Crippen molar-refractivity contribution in [2.75, 3.05) is 0 Å². The molecule has 1 rings (SSSR count). The van der Waals surface area contributed by atoms with Gasteiger partial charge >= 0.3 is 0 Å². The van der Waals surface area contributed by atoms with Crippen LogP contribution >= 0.6 is 0 Å². The average Bonchev–Trinajstić information content (AvgIpc) is 2.92. The summed E-state index contributed by atoms with van der Waals surface area (Å²) in [7, 11) is 0. The van der Waals surface area contributed by atoms with Crippen LogP contribution < -0.4 is 5.32 Å². The van der Waals surface area contributed by atoms with E-state index in [0.29, 0.717) is 0 Å². The van der Waals surface area contributed by atoms with Gasteiger partial charge < -0.3 is 10.4 Å². The van der Waals surface area contributed by atoms with Gasteiger partial charge in [0.2, 0.25) is 5.91 Å². The van der Waals surface area contributed by atoms with E-state index in [1.807, 2.05) is 6.08 Å². The van der Waals surface area contributed by atoms with Crippen LogP contribution in [0.5, 0.6) is 0 Å². The highest BCUT2D eigenvalue weighted by atomic mass is 16.3. The first-order valence-corrected chi connectivity index (χ1v) is 5.33. The number of allylic oxidation sites excluding steroid dienone is 1. The smallest absolute Gasteiger partial charge is 0.227 e. The molecule has 3 nitrogen and oxygen atoms in total. The largest absolute Gasteiger partial charge is 0.393 e. The second-order valence-corrected chi connectivity index (χ2v) is 3.97. The summed E-state index contributed by atoms with van der Waals surface area (Å²) < 4.78 is 0. The van der Waals surface area contributed by atoms with Crippen LogP contribution in [-0.4, -0.2) is 17.1 Å². The summed E-state index contributed by atoms with van der Waals surface area (Å²) in [6.07, 6.45) is 8.24. The number of hydrogen-bond donors (Lipinski definition) is 2. The van der Waals surface area contributed by atoms with Crippen LogP contribution in [0.3, 0.4) is 0 Å². The van der Waals surface area contributed by atoms with Gasteiger partial charge in [-0.25, -0.2) is 0 Å². The molecule has 1 unspecified atom stereocenters. The normalized spacial score (nSPS) is 18.4. The third-order valence-corrected chi connectivity index (χ3v) is 2.28. The molecule has 1 aliphatic carbocycles.